The van der Waals surface area contributed by atoms with Gasteiger partial charge in [0.1, 0.15) is 5.39 Å². The minimum atomic E-state index is -0.252. The van der Waals surface area contributed by atoms with E-state index in [1.807, 2.05) is 20.8 Å². The number of aryl methyl sites for hydroxylation is 1. The SMILES string of the molecule is C=CCNC(=O)CCn1cnc2c(cnn2C(C)(C)C)c1=O. The van der Waals surface area contributed by atoms with Crippen LogP contribution in [0.25, 0.3) is 11.0 Å². The quantitative estimate of drug-likeness (QED) is 0.837. The number of nitrogens with one attached hydrogen (secondary N) is 1. The van der Waals surface area contributed by atoms with Crippen LogP contribution < -0.4 is 10.9 Å². The number of hydrogen-bond donors (Lipinski definition) is 1. The summed E-state index contributed by atoms with van der Waals surface area (Å²) >= 11 is 0. The molecule has 0 bridgehead atoms. The first kappa shape index (κ1) is 15.9. The van der Waals surface area contributed by atoms with Crippen molar-refractivity contribution >= 4 is 16.9 Å². The molecule has 2 rings (SSSR count). The largest absolute Gasteiger partial charge is 0.353 e. The summed E-state index contributed by atoms with van der Waals surface area (Å²) in [6.45, 7) is 10.2. The molecule has 22 heavy (non-hydrogen) atoms. The standard InChI is InChI=1S/C15H21N5O2/c1-5-7-16-12(21)6-8-19-10-17-13-11(14(19)22)9-18-20(13)15(2,3)4/h5,9-10H,1,6-8H2,2-4H3,(H,16,21). The van der Waals surface area contributed by atoms with Crippen molar-refractivity contribution in [2.45, 2.75) is 39.3 Å². The lowest BCUT2D eigenvalue weighted by Crippen LogP contribution is -2.28. The summed E-state index contributed by atoms with van der Waals surface area (Å²) in [6, 6.07) is 0. The zero-order valence-electron chi connectivity index (χ0n) is 13.2. The summed E-state index contributed by atoms with van der Waals surface area (Å²) in [7, 11) is 0. The highest BCUT2D eigenvalue weighted by molar-refractivity contribution is 5.76. The van der Waals surface area contributed by atoms with Crippen molar-refractivity contribution in [1.82, 2.24) is 24.6 Å². The number of carbonyl (C=O) groups excluding carboxylic acids is 1. The number of nitrogens with zero attached hydrogens (tertiary/aromatic N) is 4. The van der Waals surface area contributed by atoms with Gasteiger partial charge in [-0.3, -0.25) is 14.2 Å². The highest BCUT2D eigenvalue weighted by Crippen LogP contribution is 2.17. The summed E-state index contributed by atoms with van der Waals surface area (Å²) in [4.78, 5) is 28.3. The monoisotopic (exact) mass is 303 g/mol. The van der Waals surface area contributed by atoms with E-state index in [1.165, 1.54) is 17.1 Å². The third kappa shape index (κ3) is 3.24. The Bertz CT molecular complexity index is 751. The van der Waals surface area contributed by atoms with Crippen molar-refractivity contribution < 1.29 is 4.79 Å². The van der Waals surface area contributed by atoms with Gasteiger partial charge in [0.15, 0.2) is 5.65 Å². The predicted octanol–water partition coefficient (Wildman–Crippen LogP) is 1.04. The van der Waals surface area contributed by atoms with E-state index in [0.717, 1.165) is 0 Å². The predicted molar refractivity (Wildman–Crippen MR) is 84.6 cm³/mol. The van der Waals surface area contributed by atoms with Gasteiger partial charge in [-0.2, -0.15) is 5.10 Å². The summed E-state index contributed by atoms with van der Waals surface area (Å²) in [5, 5.41) is 7.39. The third-order valence-corrected chi connectivity index (χ3v) is 3.21. The fourth-order valence-corrected chi connectivity index (χ4v) is 2.10. The van der Waals surface area contributed by atoms with Gasteiger partial charge in [0.2, 0.25) is 5.91 Å². The molecule has 2 aromatic rings. The second kappa shape index (κ2) is 6.13. The number of carbonyl (C=O) groups is 1. The van der Waals surface area contributed by atoms with Gasteiger partial charge in [0, 0.05) is 19.5 Å². The molecule has 1 amide bonds. The van der Waals surface area contributed by atoms with Gasteiger partial charge in [-0.25, -0.2) is 9.67 Å². The minimum absolute atomic E-state index is 0.128. The van der Waals surface area contributed by atoms with Crippen LogP contribution in [0.15, 0.2) is 30.0 Å². The van der Waals surface area contributed by atoms with Crippen molar-refractivity contribution in [2.24, 2.45) is 0 Å². The molecule has 1 N–H and O–H groups in total. The van der Waals surface area contributed by atoms with E-state index in [0.29, 0.717) is 17.6 Å². The van der Waals surface area contributed by atoms with Crippen LogP contribution in [0.3, 0.4) is 0 Å². The smallest absolute Gasteiger partial charge is 0.264 e. The van der Waals surface area contributed by atoms with Gasteiger partial charge >= 0.3 is 0 Å². The second-order valence-electron chi connectivity index (χ2n) is 6.05. The van der Waals surface area contributed by atoms with E-state index in [1.54, 1.807) is 10.8 Å². The molecule has 118 valence electrons. The third-order valence-electron chi connectivity index (χ3n) is 3.21. The Morgan fingerprint density at radius 3 is 2.82 bits per heavy atom. The van der Waals surface area contributed by atoms with Crippen molar-refractivity contribution in [3.05, 3.63) is 35.5 Å². The van der Waals surface area contributed by atoms with Gasteiger partial charge in [0.25, 0.3) is 5.56 Å². The zero-order chi connectivity index (χ0) is 16.3. The second-order valence-corrected chi connectivity index (χ2v) is 6.05. The van der Waals surface area contributed by atoms with Crippen LogP contribution in [0, 0.1) is 0 Å². The van der Waals surface area contributed by atoms with Gasteiger partial charge in [-0.15, -0.1) is 6.58 Å². The lowest BCUT2D eigenvalue weighted by molar-refractivity contribution is -0.121. The fraction of sp³-hybridized carbons (Fsp3) is 0.467. The summed E-state index contributed by atoms with van der Waals surface area (Å²) in [6.07, 6.45) is 4.83. The van der Waals surface area contributed by atoms with Crippen LogP contribution in [0.2, 0.25) is 0 Å². The lowest BCUT2D eigenvalue weighted by Gasteiger charge is -2.19. The summed E-state index contributed by atoms with van der Waals surface area (Å²) in [5.41, 5.74) is 0.125. The molecule has 7 heteroatoms. The number of amides is 1. The maximum Gasteiger partial charge on any atom is 0.264 e. The van der Waals surface area contributed by atoms with Crippen LogP contribution in [-0.2, 0) is 16.9 Å². The molecule has 0 aliphatic carbocycles. The first-order chi connectivity index (χ1) is 10.3. The Hall–Kier alpha value is -2.44. The topological polar surface area (TPSA) is 81.8 Å². The molecule has 7 nitrogen and oxygen atoms in total. The minimum Gasteiger partial charge on any atom is -0.353 e. The molecule has 0 saturated carbocycles. The Morgan fingerprint density at radius 2 is 2.18 bits per heavy atom. The molecule has 0 fully saturated rings. The van der Waals surface area contributed by atoms with Crippen molar-refractivity contribution in [3.63, 3.8) is 0 Å². The fourth-order valence-electron chi connectivity index (χ4n) is 2.10. The first-order valence-corrected chi connectivity index (χ1v) is 7.16. The number of hydrogen-bond acceptors (Lipinski definition) is 4. The molecule has 2 heterocycles. The highest BCUT2D eigenvalue weighted by Gasteiger charge is 2.19. The summed E-state index contributed by atoms with van der Waals surface area (Å²) < 4.78 is 3.16. The normalized spacial score (nSPS) is 11.6. The zero-order valence-corrected chi connectivity index (χ0v) is 13.2. The first-order valence-electron chi connectivity index (χ1n) is 7.16. The number of aromatic nitrogens is 4. The maximum absolute atomic E-state index is 12.4. The Kier molecular flexibility index (Phi) is 4.44. The maximum atomic E-state index is 12.4. The molecule has 0 aromatic carbocycles. The molecule has 0 unspecified atom stereocenters. The molecule has 0 radical (unpaired) electrons. The lowest BCUT2D eigenvalue weighted by atomic mass is 10.1. The van der Waals surface area contributed by atoms with Gasteiger partial charge in [-0.05, 0) is 20.8 Å². The van der Waals surface area contributed by atoms with Crippen LogP contribution in [0.4, 0.5) is 0 Å². The van der Waals surface area contributed by atoms with E-state index in [4.69, 9.17) is 0 Å². The van der Waals surface area contributed by atoms with Crippen molar-refractivity contribution in [2.75, 3.05) is 6.54 Å². The highest BCUT2D eigenvalue weighted by atomic mass is 16.1. The Labute approximate surface area is 128 Å². The van der Waals surface area contributed by atoms with Crippen LogP contribution >= 0.6 is 0 Å². The van der Waals surface area contributed by atoms with E-state index in [-0.39, 0.29) is 30.0 Å². The molecule has 0 saturated heterocycles. The average Bonchev–Trinajstić information content (AvgIpc) is 2.89. The Balaban J connectivity index is 2.24. The van der Waals surface area contributed by atoms with E-state index < -0.39 is 0 Å². The average molecular weight is 303 g/mol. The molecule has 0 spiro atoms. The summed E-state index contributed by atoms with van der Waals surface area (Å²) in [5.74, 6) is -0.128. The van der Waals surface area contributed by atoms with Crippen LogP contribution in [0.5, 0.6) is 0 Å². The van der Waals surface area contributed by atoms with E-state index in [2.05, 4.69) is 22.0 Å². The van der Waals surface area contributed by atoms with Crippen LogP contribution in [0.1, 0.15) is 27.2 Å². The van der Waals surface area contributed by atoms with Crippen molar-refractivity contribution in [1.29, 1.82) is 0 Å². The molecular weight excluding hydrogens is 282 g/mol. The molecule has 0 aliphatic rings. The van der Waals surface area contributed by atoms with E-state index in [9.17, 15) is 9.59 Å². The molecule has 2 aromatic heterocycles. The molecule has 0 aliphatic heterocycles. The molecule has 0 atom stereocenters. The van der Waals surface area contributed by atoms with Gasteiger partial charge < -0.3 is 5.32 Å². The number of rotatable bonds is 5. The van der Waals surface area contributed by atoms with Gasteiger partial charge in [0.05, 0.1) is 18.1 Å². The number of fused-ring (bicyclic) bond motifs is 1. The van der Waals surface area contributed by atoms with Crippen LogP contribution in [-0.4, -0.2) is 31.8 Å². The van der Waals surface area contributed by atoms with Gasteiger partial charge in [-0.1, -0.05) is 6.08 Å². The van der Waals surface area contributed by atoms with E-state index >= 15 is 0 Å². The Morgan fingerprint density at radius 1 is 1.45 bits per heavy atom. The molecular formula is C15H21N5O2. The van der Waals surface area contributed by atoms with Crippen molar-refractivity contribution in [3.8, 4) is 0 Å².